The zero-order valence-corrected chi connectivity index (χ0v) is 12.9. The van der Waals surface area contributed by atoms with Crippen LogP contribution in [0.15, 0.2) is 46.9 Å². The molecular formula is C16H12BrNO3. The largest absolute Gasteiger partial charge is 0.492 e. The SMILES string of the molecule is COc1c(OCC#N)ccc(C(=O)c2ccccc2)c1Br. The second-order valence-electron chi connectivity index (χ2n) is 4.10. The topological polar surface area (TPSA) is 59.3 Å². The second-order valence-corrected chi connectivity index (χ2v) is 4.89. The molecular weight excluding hydrogens is 334 g/mol. The first-order chi connectivity index (χ1) is 10.2. The third-order valence-electron chi connectivity index (χ3n) is 2.84. The molecule has 0 amide bonds. The minimum absolute atomic E-state index is 0.0885. The minimum atomic E-state index is -0.118. The van der Waals surface area contributed by atoms with Crippen LogP contribution in [0.4, 0.5) is 0 Å². The number of carbonyl (C=O) groups is 1. The van der Waals surface area contributed by atoms with E-state index in [9.17, 15) is 4.79 Å². The molecule has 21 heavy (non-hydrogen) atoms. The highest BCUT2D eigenvalue weighted by Crippen LogP contribution is 2.38. The predicted octanol–water partition coefficient (Wildman–Crippen LogP) is 3.59. The van der Waals surface area contributed by atoms with Gasteiger partial charge in [-0.15, -0.1) is 0 Å². The molecule has 0 bridgehead atoms. The van der Waals surface area contributed by atoms with E-state index < -0.39 is 0 Å². The van der Waals surface area contributed by atoms with Crippen LogP contribution >= 0.6 is 15.9 Å². The number of hydrogen-bond donors (Lipinski definition) is 0. The molecule has 0 aliphatic heterocycles. The first-order valence-corrected chi connectivity index (χ1v) is 6.94. The van der Waals surface area contributed by atoms with Crippen molar-refractivity contribution in [3.8, 4) is 17.6 Å². The van der Waals surface area contributed by atoms with Gasteiger partial charge < -0.3 is 9.47 Å². The first kappa shape index (κ1) is 15.1. The van der Waals surface area contributed by atoms with Crippen LogP contribution in [-0.2, 0) is 0 Å². The Balaban J connectivity index is 2.42. The van der Waals surface area contributed by atoms with E-state index in [2.05, 4.69) is 15.9 Å². The van der Waals surface area contributed by atoms with Crippen molar-refractivity contribution in [3.05, 3.63) is 58.1 Å². The standard InChI is InChI=1S/C16H12BrNO3/c1-20-16-13(21-10-9-18)8-7-12(14(16)17)15(19)11-5-3-2-4-6-11/h2-8H,10H2,1H3. The van der Waals surface area contributed by atoms with Gasteiger partial charge in [0.05, 0.1) is 11.6 Å². The molecule has 0 unspecified atom stereocenters. The Hall–Kier alpha value is -2.32. The summed E-state index contributed by atoms with van der Waals surface area (Å²) in [6, 6.07) is 14.1. The number of halogens is 1. The van der Waals surface area contributed by atoms with Crippen molar-refractivity contribution in [1.82, 2.24) is 0 Å². The van der Waals surface area contributed by atoms with Crippen LogP contribution in [0.1, 0.15) is 15.9 Å². The maximum Gasteiger partial charge on any atom is 0.194 e. The van der Waals surface area contributed by atoms with Gasteiger partial charge in [0.15, 0.2) is 23.9 Å². The Bertz CT molecular complexity index is 693. The molecule has 5 heteroatoms. The van der Waals surface area contributed by atoms with Crippen molar-refractivity contribution in [3.63, 3.8) is 0 Å². The highest BCUT2D eigenvalue weighted by Gasteiger charge is 2.19. The van der Waals surface area contributed by atoms with E-state index in [0.29, 0.717) is 27.1 Å². The number of hydrogen-bond acceptors (Lipinski definition) is 4. The lowest BCUT2D eigenvalue weighted by molar-refractivity contribution is 0.103. The Morgan fingerprint density at radius 1 is 1.24 bits per heavy atom. The molecule has 2 aromatic rings. The zero-order chi connectivity index (χ0) is 15.2. The van der Waals surface area contributed by atoms with Crippen molar-refractivity contribution in [2.45, 2.75) is 0 Å². The molecule has 0 aromatic heterocycles. The van der Waals surface area contributed by atoms with Crippen LogP contribution < -0.4 is 9.47 Å². The molecule has 2 aromatic carbocycles. The van der Waals surface area contributed by atoms with E-state index in [1.807, 2.05) is 24.3 Å². The van der Waals surface area contributed by atoms with E-state index in [1.54, 1.807) is 24.3 Å². The highest BCUT2D eigenvalue weighted by molar-refractivity contribution is 9.10. The molecule has 0 heterocycles. The quantitative estimate of drug-likeness (QED) is 0.777. The molecule has 0 spiro atoms. The van der Waals surface area contributed by atoms with Gasteiger partial charge in [-0.2, -0.15) is 5.26 Å². The fraction of sp³-hybridized carbons (Fsp3) is 0.125. The Morgan fingerprint density at radius 2 is 1.95 bits per heavy atom. The summed E-state index contributed by atoms with van der Waals surface area (Å²) in [6.45, 7) is -0.0885. The van der Waals surface area contributed by atoms with Gasteiger partial charge in [-0.25, -0.2) is 0 Å². The average Bonchev–Trinajstić information content (AvgIpc) is 2.53. The lowest BCUT2D eigenvalue weighted by atomic mass is 10.0. The number of ketones is 1. The van der Waals surface area contributed by atoms with Gasteiger partial charge in [-0.1, -0.05) is 30.3 Å². The smallest absolute Gasteiger partial charge is 0.194 e. The summed E-state index contributed by atoms with van der Waals surface area (Å²) in [5.41, 5.74) is 1.06. The maximum atomic E-state index is 12.5. The molecule has 0 aliphatic carbocycles. The summed E-state index contributed by atoms with van der Waals surface area (Å²) in [6.07, 6.45) is 0. The third-order valence-corrected chi connectivity index (χ3v) is 3.63. The van der Waals surface area contributed by atoms with E-state index >= 15 is 0 Å². The summed E-state index contributed by atoms with van der Waals surface area (Å²) < 4.78 is 11.0. The van der Waals surface area contributed by atoms with Crippen LogP contribution in [0.25, 0.3) is 0 Å². The fourth-order valence-electron chi connectivity index (χ4n) is 1.87. The van der Waals surface area contributed by atoms with Crippen LogP contribution in [0, 0.1) is 11.3 Å². The van der Waals surface area contributed by atoms with Crippen LogP contribution in [0.5, 0.6) is 11.5 Å². The van der Waals surface area contributed by atoms with Crippen molar-refractivity contribution in [2.24, 2.45) is 0 Å². The zero-order valence-electron chi connectivity index (χ0n) is 11.3. The van der Waals surface area contributed by atoms with Gasteiger partial charge in [0.1, 0.15) is 6.07 Å². The normalized spacial score (nSPS) is 9.76. The van der Waals surface area contributed by atoms with Gasteiger partial charge in [0.25, 0.3) is 0 Å². The third kappa shape index (κ3) is 3.23. The van der Waals surface area contributed by atoms with Gasteiger partial charge in [0, 0.05) is 11.1 Å². The average molecular weight is 346 g/mol. The maximum absolute atomic E-state index is 12.5. The van der Waals surface area contributed by atoms with Crippen molar-refractivity contribution in [1.29, 1.82) is 5.26 Å². The summed E-state index contributed by atoms with van der Waals surface area (Å²) in [4.78, 5) is 12.5. The van der Waals surface area contributed by atoms with Crippen LogP contribution in [0.3, 0.4) is 0 Å². The van der Waals surface area contributed by atoms with Crippen LogP contribution in [0.2, 0.25) is 0 Å². The summed E-state index contributed by atoms with van der Waals surface area (Å²) in [5.74, 6) is 0.690. The number of nitriles is 1. The molecule has 0 N–H and O–H groups in total. The summed E-state index contributed by atoms with van der Waals surface area (Å²) >= 11 is 3.37. The molecule has 0 saturated heterocycles. The molecule has 4 nitrogen and oxygen atoms in total. The first-order valence-electron chi connectivity index (χ1n) is 6.15. The molecule has 0 aliphatic rings. The number of benzene rings is 2. The Morgan fingerprint density at radius 3 is 2.57 bits per heavy atom. The van der Waals surface area contributed by atoms with E-state index in [0.717, 1.165) is 0 Å². The molecule has 2 rings (SSSR count). The fourth-order valence-corrected chi connectivity index (χ4v) is 2.54. The van der Waals surface area contributed by atoms with Crippen molar-refractivity contribution < 1.29 is 14.3 Å². The lowest BCUT2D eigenvalue weighted by Gasteiger charge is -2.13. The van der Waals surface area contributed by atoms with Gasteiger partial charge in [-0.3, -0.25) is 4.79 Å². The number of ether oxygens (including phenoxy) is 2. The second kappa shape index (κ2) is 6.91. The van der Waals surface area contributed by atoms with Crippen molar-refractivity contribution >= 4 is 21.7 Å². The number of methoxy groups -OCH3 is 1. The Kier molecular flexibility index (Phi) is 4.96. The molecule has 0 atom stereocenters. The van der Waals surface area contributed by atoms with E-state index in [-0.39, 0.29) is 12.4 Å². The molecule has 106 valence electrons. The highest BCUT2D eigenvalue weighted by atomic mass is 79.9. The predicted molar refractivity (Wildman–Crippen MR) is 81.7 cm³/mol. The molecule has 0 saturated carbocycles. The number of rotatable bonds is 5. The molecule has 0 fully saturated rings. The summed E-state index contributed by atoms with van der Waals surface area (Å²) in [7, 11) is 1.48. The van der Waals surface area contributed by atoms with E-state index in [1.165, 1.54) is 7.11 Å². The Labute approximate surface area is 131 Å². The van der Waals surface area contributed by atoms with Crippen molar-refractivity contribution in [2.75, 3.05) is 13.7 Å². The number of nitrogens with zero attached hydrogens (tertiary/aromatic N) is 1. The van der Waals surface area contributed by atoms with Crippen LogP contribution in [-0.4, -0.2) is 19.5 Å². The van der Waals surface area contributed by atoms with Gasteiger partial charge in [-0.05, 0) is 28.1 Å². The minimum Gasteiger partial charge on any atom is -0.492 e. The molecule has 0 radical (unpaired) electrons. The summed E-state index contributed by atoms with van der Waals surface area (Å²) in [5, 5.41) is 8.57. The monoisotopic (exact) mass is 345 g/mol. The van der Waals surface area contributed by atoms with Gasteiger partial charge in [0.2, 0.25) is 0 Å². The number of carbonyl (C=O) groups excluding carboxylic acids is 1. The lowest BCUT2D eigenvalue weighted by Crippen LogP contribution is -2.05. The van der Waals surface area contributed by atoms with E-state index in [4.69, 9.17) is 14.7 Å². The van der Waals surface area contributed by atoms with Gasteiger partial charge >= 0.3 is 0 Å².